The average Bonchev–Trinajstić information content (AvgIpc) is 2.60. The van der Waals surface area contributed by atoms with E-state index in [9.17, 15) is 14.7 Å². The van der Waals surface area contributed by atoms with Crippen LogP contribution >= 0.6 is 12.2 Å². The summed E-state index contributed by atoms with van der Waals surface area (Å²) in [7, 11) is 1.44. The number of thiocarbonyl (C=S) groups is 1. The minimum absolute atomic E-state index is 0.0340. The molecule has 3 rings (SSSR count). The molecule has 138 valence electrons. The molecule has 0 spiro atoms. The number of amides is 2. The second kappa shape index (κ2) is 7.20. The number of hydrogen-bond donors (Lipinski definition) is 2. The number of nitrogens with zero attached hydrogens (tertiary/aromatic N) is 1. The quantitative estimate of drug-likeness (QED) is 0.485. The summed E-state index contributed by atoms with van der Waals surface area (Å²) in [4.78, 5) is 26.7. The third-order valence-corrected chi connectivity index (χ3v) is 4.49. The lowest BCUT2D eigenvalue weighted by Crippen LogP contribution is -2.54. The Balaban J connectivity index is 2.03. The molecule has 0 saturated carbocycles. The molecule has 2 amide bonds. The number of methoxy groups -OCH3 is 1. The molecule has 1 fully saturated rings. The smallest absolute Gasteiger partial charge is 0.270 e. The van der Waals surface area contributed by atoms with Crippen molar-refractivity contribution in [2.45, 2.75) is 13.8 Å². The van der Waals surface area contributed by atoms with Crippen LogP contribution in [0.25, 0.3) is 6.08 Å². The van der Waals surface area contributed by atoms with Gasteiger partial charge in [-0.3, -0.25) is 19.8 Å². The van der Waals surface area contributed by atoms with E-state index >= 15 is 0 Å². The standard InChI is InChI=1S/C20H18N2O4S/c1-11-4-6-15(12(2)8-11)22-19(25)14(18(24)21-20(22)27)9-13-5-7-17(26-3)16(23)10-13/h4-10,23H,1-3H3,(H,21,24,27). The zero-order chi connectivity index (χ0) is 19.7. The Kier molecular flexibility index (Phi) is 4.96. The third-order valence-electron chi connectivity index (χ3n) is 4.21. The summed E-state index contributed by atoms with van der Waals surface area (Å²) in [5.41, 5.74) is 2.94. The summed E-state index contributed by atoms with van der Waals surface area (Å²) in [6.45, 7) is 3.83. The fraction of sp³-hybridized carbons (Fsp3) is 0.150. The summed E-state index contributed by atoms with van der Waals surface area (Å²) >= 11 is 5.22. The molecule has 0 aliphatic carbocycles. The van der Waals surface area contributed by atoms with Gasteiger partial charge in [-0.05, 0) is 61.5 Å². The van der Waals surface area contributed by atoms with Crippen molar-refractivity contribution in [3.05, 3.63) is 58.7 Å². The van der Waals surface area contributed by atoms with Gasteiger partial charge in [0.2, 0.25) is 0 Å². The minimum Gasteiger partial charge on any atom is -0.504 e. The van der Waals surface area contributed by atoms with Gasteiger partial charge in [0.15, 0.2) is 16.6 Å². The molecule has 1 aliphatic heterocycles. The Hall–Kier alpha value is -3.19. The van der Waals surface area contributed by atoms with Crippen molar-refractivity contribution in [2.24, 2.45) is 0 Å². The van der Waals surface area contributed by atoms with Gasteiger partial charge in [-0.15, -0.1) is 0 Å². The number of aromatic hydroxyl groups is 1. The number of carbonyl (C=O) groups excluding carboxylic acids is 2. The van der Waals surface area contributed by atoms with Crippen molar-refractivity contribution in [1.82, 2.24) is 5.32 Å². The molecule has 2 N–H and O–H groups in total. The maximum atomic E-state index is 13.0. The number of phenolic OH excluding ortho intramolecular Hbond substituents is 1. The van der Waals surface area contributed by atoms with Gasteiger partial charge in [0.05, 0.1) is 12.8 Å². The first-order chi connectivity index (χ1) is 12.8. The molecule has 1 heterocycles. The predicted octanol–water partition coefficient (Wildman–Crippen LogP) is 2.85. The lowest BCUT2D eigenvalue weighted by atomic mass is 10.0. The number of aryl methyl sites for hydroxylation is 2. The van der Waals surface area contributed by atoms with Gasteiger partial charge in [0, 0.05) is 0 Å². The highest BCUT2D eigenvalue weighted by molar-refractivity contribution is 7.80. The monoisotopic (exact) mass is 382 g/mol. The van der Waals surface area contributed by atoms with Crippen LogP contribution in [0, 0.1) is 13.8 Å². The molecule has 0 atom stereocenters. The highest BCUT2D eigenvalue weighted by Gasteiger charge is 2.35. The van der Waals surface area contributed by atoms with E-state index in [1.54, 1.807) is 18.2 Å². The molecular weight excluding hydrogens is 364 g/mol. The summed E-state index contributed by atoms with van der Waals surface area (Å²) < 4.78 is 5.00. The second-order valence-corrected chi connectivity index (χ2v) is 6.57. The van der Waals surface area contributed by atoms with E-state index in [2.05, 4.69) is 5.32 Å². The molecule has 27 heavy (non-hydrogen) atoms. The van der Waals surface area contributed by atoms with Crippen molar-refractivity contribution >= 4 is 40.9 Å². The zero-order valence-electron chi connectivity index (χ0n) is 15.1. The van der Waals surface area contributed by atoms with Gasteiger partial charge in [-0.2, -0.15) is 0 Å². The SMILES string of the molecule is COc1ccc(C=C2C(=O)NC(=S)N(c3ccc(C)cc3C)C2=O)cc1O. The number of carbonyl (C=O) groups is 2. The van der Waals surface area contributed by atoms with E-state index in [4.69, 9.17) is 17.0 Å². The predicted molar refractivity (Wildman–Crippen MR) is 107 cm³/mol. The molecule has 2 aromatic rings. The highest BCUT2D eigenvalue weighted by Crippen LogP contribution is 2.29. The van der Waals surface area contributed by atoms with Crippen molar-refractivity contribution in [1.29, 1.82) is 0 Å². The van der Waals surface area contributed by atoms with Gasteiger partial charge in [0.1, 0.15) is 5.57 Å². The molecule has 0 unspecified atom stereocenters. The number of rotatable bonds is 3. The Morgan fingerprint density at radius 2 is 1.89 bits per heavy atom. The fourth-order valence-corrected chi connectivity index (χ4v) is 3.17. The lowest BCUT2D eigenvalue weighted by Gasteiger charge is -2.30. The van der Waals surface area contributed by atoms with Crippen LogP contribution in [-0.4, -0.2) is 29.1 Å². The third kappa shape index (κ3) is 3.54. The molecular formula is C20H18N2O4S. The largest absolute Gasteiger partial charge is 0.504 e. The van der Waals surface area contributed by atoms with E-state index in [0.717, 1.165) is 11.1 Å². The maximum absolute atomic E-state index is 13.0. The lowest BCUT2D eigenvalue weighted by molar-refractivity contribution is -0.122. The molecule has 6 nitrogen and oxygen atoms in total. The number of phenols is 1. The van der Waals surface area contributed by atoms with Crippen LogP contribution in [0.4, 0.5) is 5.69 Å². The Morgan fingerprint density at radius 1 is 1.15 bits per heavy atom. The van der Waals surface area contributed by atoms with Crippen LogP contribution in [-0.2, 0) is 9.59 Å². The Morgan fingerprint density at radius 3 is 2.52 bits per heavy atom. The van der Waals surface area contributed by atoms with Crippen molar-refractivity contribution < 1.29 is 19.4 Å². The zero-order valence-corrected chi connectivity index (χ0v) is 15.9. The summed E-state index contributed by atoms with van der Waals surface area (Å²) in [6.07, 6.45) is 1.41. The van der Waals surface area contributed by atoms with Crippen LogP contribution in [0.1, 0.15) is 16.7 Å². The Bertz CT molecular complexity index is 997. The molecule has 0 bridgehead atoms. The van der Waals surface area contributed by atoms with E-state index in [1.807, 2.05) is 26.0 Å². The van der Waals surface area contributed by atoms with E-state index in [1.165, 1.54) is 24.2 Å². The number of anilines is 1. The molecule has 1 saturated heterocycles. The normalized spacial score (nSPS) is 15.9. The molecule has 7 heteroatoms. The average molecular weight is 382 g/mol. The van der Waals surface area contributed by atoms with Crippen LogP contribution in [0.3, 0.4) is 0 Å². The maximum Gasteiger partial charge on any atom is 0.270 e. The summed E-state index contributed by atoms with van der Waals surface area (Å²) in [5, 5.41) is 12.5. The number of nitrogens with one attached hydrogen (secondary N) is 1. The summed E-state index contributed by atoms with van der Waals surface area (Å²) in [6, 6.07) is 10.2. The van der Waals surface area contributed by atoms with Gasteiger partial charge in [-0.25, -0.2) is 0 Å². The first-order valence-corrected chi connectivity index (χ1v) is 8.58. The van der Waals surface area contributed by atoms with Crippen LogP contribution in [0.5, 0.6) is 11.5 Å². The fourth-order valence-electron chi connectivity index (χ4n) is 2.90. The first kappa shape index (κ1) is 18.6. The van der Waals surface area contributed by atoms with Gasteiger partial charge >= 0.3 is 0 Å². The number of hydrogen-bond acceptors (Lipinski definition) is 5. The van der Waals surface area contributed by atoms with E-state index in [-0.39, 0.29) is 16.4 Å². The first-order valence-electron chi connectivity index (χ1n) is 8.17. The van der Waals surface area contributed by atoms with Crippen LogP contribution < -0.4 is 15.0 Å². The van der Waals surface area contributed by atoms with Gasteiger partial charge in [-0.1, -0.05) is 23.8 Å². The van der Waals surface area contributed by atoms with Crippen LogP contribution in [0.15, 0.2) is 42.0 Å². The van der Waals surface area contributed by atoms with E-state index in [0.29, 0.717) is 17.0 Å². The molecule has 2 aromatic carbocycles. The van der Waals surface area contributed by atoms with Crippen molar-refractivity contribution in [3.8, 4) is 11.5 Å². The number of ether oxygens (including phenoxy) is 1. The molecule has 0 radical (unpaired) electrons. The van der Waals surface area contributed by atoms with Crippen molar-refractivity contribution in [3.63, 3.8) is 0 Å². The highest BCUT2D eigenvalue weighted by atomic mass is 32.1. The van der Waals surface area contributed by atoms with Crippen LogP contribution in [0.2, 0.25) is 0 Å². The van der Waals surface area contributed by atoms with Gasteiger partial charge < -0.3 is 9.84 Å². The topological polar surface area (TPSA) is 78.9 Å². The van der Waals surface area contributed by atoms with E-state index < -0.39 is 11.8 Å². The molecule has 1 aliphatic rings. The molecule has 0 aromatic heterocycles. The summed E-state index contributed by atoms with van der Waals surface area (Å²) in [5.74, 6) is -0.890. The van der Waals surface area contributed by atoms with Gasteiger partial charge in [0.25, 0.3) is 11.8 Å². The second-order valence-electron chi connectivity index (χ2n) is 6.18. The Labute approximate surface area is 162 Å². The van der Waals surface area contributed by atoms with Crippen molar-refractivity contribution in [2.75, 3.05) is 12.0 Å². The number of benzene rings is 2. The minimum atomic E-state index is -0.582.